The number of nitrogens with two attached hydrogens (primary N) is 1. The van der Waals surface area contributed by atoms with Crippen LogP contribution >= 0.6 is 0 Å². The molecule has 5 nitrogen and oxygen atoms in total. The number of aromatic amines is 1. The molecule has 0 unspecified atom stereocenters. The fourth-order valence-corrected chi connectivity index (χ4v) is 1.79. The Hall–Kier alpha value is -2.61. The summed E-state index contributed by atoms with van der Waals surface area (Å²) in [4.78, 5) is 2.84. The van der Waals surface area contributed by atoms with Crippen LogP contribution in [0.3, 0.4) is 0 Å². The van der Waals surface area contributed by atoms with Crippen LogP contribution in [-0.4, -0.2) is 19.2 Å². The second-order valence-corrected chi connectivity index (χ2v) is 3.67. The van der Waals surface area contributed by atoms with Gasteiger partial charge in [-0.15, -0.1) is 0 Å². The third kappa shape index (κ3) is 1.84. The molecule has 3 N–H and O–H groups in total. The fourth-order valence-electron chi connectivity index (χ4n) is 1.79. The highest BCUT2D eigenvalue weighted by Crippen LogP contribution is 2.36. The molecule has 18 heavy (non-hydrogen) atoms. The Kier molecular flexibility index (Phi) is 3.11. The van der Waals surface area contributed by atoms with Gasteiger partial charge in [0.05, 0.1) is 14.2 Å². The number of methoxy groups -OCH3 is 2. The van der Waals surface area contributed by atoms with E-state index in [9.17, 15) is 0 Å². The van der Waals surface area contributed by atoms with Crippen LogP contribution in [0.1, 0.15) is 5.56 Å². The number of ether oxygens (including phenoxy) is 2. The minimum absolute atomic E-state index is 0.352. The fraction of sp³-hybridized carbons (Fsp3) is 0.154. The summed E-state index contributed by atoms with van der Waals surface area (Å²) in [5.74, 6) is 1.67. The maximum atomic E-state index is 9.10. The van der Waals surface area contributed by atoms with Gasteiger partial charge in [0.1, 0.15) is 28.9 Å². The largest absolute Gasteiger partial charge is 0.497 e. The quantitative estimate of drug-likeness (QED) is 0.865. The number of nitrogens with one attached hydrogen (secondary N) is 1. The van der Waals surface area contributed by atoms with Gasteiger partial charge in [-0.05, 0) is 12.1 Å². The lowest BCUT2D eigenvalue weighted by molar-refractivity contribution is 0.395. The minimum atomic E-state index is 0.352. The summed E-state index contributed by atoms with van der Waals surface area (Å²) >= 11 is 0. The van der Waals surface area contributed by atoms with Gasteiger partial charge in [-0.25, -0.2) is 0 Å². The van der Waals surface area contributed by atoms with Crippen LogP contribution in [-0.2, 0) is 0 Å². The minimum Gasteiger partial charge on any atom is -0.497 e. The highest BCUT2D eigenvalue weighted by Gasteiger charge is 2.15. The zero-order chi connectivity index (χ0) is 13.1. The third-order valence-electron chi connectivity index (χ3n) is 2.72. The number of hydrogen-bond donors (Lipinski definition) is 2. The predicted octanol–water partition coefficient (Wildman–Crippen LogP) is 2.15. The number of nitrogens with zero attached hydrogens (tertiary/aromatic N) is 1. The monoisotopic (exact) mass is 243 g/mol. The molecular formula is C13H13N3O2. The number of H-pyrrole nitrogens is 1. The van der Waals surface area contributed by atoms with Crippen LogP contribution in [0.2, 0.25) is 0 Å². The molecule has 0 spiro atoms. The van der Waals surface area contributed by atoms with E-state index in [0.717, 1.165) is 11.1 Å². The van der Waals surface area contributed by atoms with Crippen molar-refractivity contribution in [1.29, 1.82) is 5.26 Å². The molecule has 1 aromatic carbocycles. The Bertz CT molecular complexity index is 611. The van der Waals surface area contributed by atoms with E-state index in [2.05, 4.69) is 11.1 Å². The van der Waals surface area contributed by atoms with Crippen LogP contribution < -0.4 is 15.2 Å². The lowest BCUT2D eigenvalue weighted by Crippen LogP contribution is -1.92. The van der Waals surface area contributed by atoms with Gasteiger partial charge >= 0.3 is 0 Å². The van der Waals surface area contributed by atoms with E-state index in [1.54, 1.807) is 26.5 Å². The van der Waals surface area contributed by atoms with Gasteiger partial charge in [-0.1, -0.05) is 0 Å². The van der Waals surface area contributed by atoms with E-state index in [-0.39, 0.29) is 0 Å². The zero-order valence-corrected chi connectivity index (χ0v) is 10.2. The standard InChI is InChI=1S/C13H13N3O2/c1-17-8-3-4-9(12(5-8)18-2)11-7-16-13(15)10(11)6-14/h3-5,7,16H,15H2,1-2H3. The van der Waals surface area contributed by atoms with E-state index in [1.807, 2.05) is 12.1 Å². The highest BCUT2D eigenvalue weighted by atomic mass is 16.5. The summed E-state index contributed by atoms with van der Waals surface area (Å²) in [6.07, 6.45) is 1.69. The molecule has 2 aromatic rings. The van der Waals surface area contributed by atoms with Gasteiger partial charge in [-0.3, -0.25) is 0 Å². The van der Waals surface area contributed by atoms with Crippen molar-refractivity contribution in [3.63, 3.8) is 0 Å². The lowest BCUT2D eigenvalue weighted by atomic mass is 10.0. The summed E-state index contributed by atoms with van der Waals surface area (Å²) in [5.41, 5.74) is 7.62. The molecule has 0 saturated carbocycles. The molecule has 0 radical (unpaired) electrons. The zero-order valence-electron chi connectivity index (χ0n) is 10.2. The van der Waals surface area contributed by atoms with Gasteiger partial charge in [0.15, 0.2) is 0 Å². The second kappa shape index (κ2) is 4.72. The number of anilines is 1. The number of benzene rings is 1. The Morgan fingerprint density at radius 1 is 1.22 bits per heavy atom. The number of nitrogen functional groups attached to an aromatic ring is 1. The summed E-state index contributed by atoms with van der Waals surface area (Å²) in [7, 11) is 3.16. The SMILES string of the molecule is COc1ccc(-c2c[nH]c(N)c2C#N)c(OC)c1. The summed E-state index contributed by atoms with van der Waals surface area (Å²) in [6.45, 7) is 0. The molecule has 5 heteroatoms. The first-order valence-electron chi connectivity index (χ1n) is 5.30. The van der Waals surface area contributed by atoms with E-state index < -0.39 is 0 Å². The van der Waals surface area contributed by atoms with Crippen LogP contribution in [0.5, 0.6) is 11.5 Å². The Labute approximate surface area is 105 Å². The molecule has 2 rings (SSSR count). The summed E-state index contributed by atoms with van der Waals surface area (Å²) in [6, 6.07) is 7.48. The molecule has 0 aliphatic heterocycles. The molecular weight excluding hydrogens is 230 g/mol. The lowest BCUT2D eigenvalue weighted by Gasteiger charge is -2.09. The number of rotatable bonds is 3. The average Bonchev–Trinajstić information content (AvgIpc) is 2.78. The topological polar surface area (TPSA) is 84.1 Å². The van der Waals surface area contributed by atoms with Crippen molar-refractivity contribution in [3.8, 4) is 28.7 Å². The van der Waals surface area contributed by atoms with Crippen LogP contribution in [0.4, 0.5) is 5.82 Å². The van der Waals surface area contributed by atoms with Gasteiger partial charge in [0.25, 0.3) is 0 Å². The number of aromatic nitrogens is 1. The molecule has 0 bridgehead atoms. The first-order chi connectivity index (χ1) is 8.71. The number of hydrogen-bond acceptors (Lipinski definition) is 4. The van der Waals surface area contributed by atoms with E-state index in [1.165, 1.54) is 0 Å². The van der Waals surface area contributed by atoms with Crippen molar-refractivity contribution in [2.45, 2.75) is 0 Å². The molecule has 1 heterocycles. The maximum Gasteiger partial charge on any atom is 0.130 e. The van der Waals surface area contributed by atoms with Crippen molar-refractivity contribution in [1.82, 2.24) is 4.98 Å². The molecule has 1 aromatic heterocycles. The third-order valence-corrected chi connectivity index (χ3v) is 2.72. The van der Waals surface area contributed by atoms with Crippen molar-refractivity contribution < 1.29 is 9.47 Å². The number of nitriles is 1. The van der Waals surface area contributed by atoms with Crippen LogP contribution in [0.15, 0.2) is 24.4 Å². The predicted molar refractivity (Wildman–Crippen MR) is 68.5 cm³/mol. The van der Waals surface area contributed by atoms with Gasteiger partial charge in [-0.2, -0.15) is 5.26 Å². The molecule has 0 atom stereocenters. The molecule has 0 amide bonds. The smallest absolute Gasteiger partial charge is 0.130 e. The Morgan fingerprint density at radius 3 is 2.61 bits per heavy atom. The first kappa shape index (κ1) is 11.9. The van der Waals surface area contributed by atoms with Crippen LogP contribution in [0.25, 0.3) is 11.1 Å². The highest BCUT2D eigenvalue weighted by molar-refractivity contribution is 5.80. The summed E-state index contributed by atoms with van der Waals surface area (Å²) in [5, 5.41) is 9.10. The van der Waals surface area contributed by atoms with E-state index in [4.69, 9.17) is 20.5 Å². The van der Waals surface area contributed by atoms with Gasteiger partial charge < -0.3 is 20.2 Å². The average molecular weight is 243 g/mol. The molecule has 0 aliphatic rings. The normalized spacial score (nSPS) is 9.83. The molecule has 0 aliphatic carbocycles. The second-order valence-electron chi connectivity index (χ2n) is 3.67. The van der Waals surface area contributed by atoms with Crippen LogP contribution in [0, 0.1) is 11.3 Å². The van der Waals surface area contributed by atoms with E-state index >= 15 is 0 Å². The van der Waals surface area contributed by atoms with Crippen molar-refractivity contribution in [2.75, 3.05) is 20.0 Å². The van der Waals surface area contributed by atoms with Crippen molar-refractivity contribution >= 4 is 5.82 Å². The summed E-state index contributed by atoms with van der Waals surface area (Å²) < 4.78 is 10.4. The van der Waals surface area contributed by atoms with Gasteiger partial charge in [0, 0.05) is 23.4 Å². The first-order valence-corrected chi connectivity index (χ1v) is 5.30. The van der Waals surface area contributed by atoms with Gasteiger partial charge in [0.2, 0.25) is 0 Å². The molecule has 0 fully saturated rings. The maximum absolute atomic E-state index is 9.10. The van der Waals surface area contributed by atoms with Crippen molar-refractivity contribution in [2.24, 2.45) is 0 Å². The molecule has 0 saturated heterocycles. The Morgan fingerprint density at radius 2 is 2.00 bits per heavy atom. The van der Waals surface area contributed by atoms with E-state index in [0.29, 0.717) is 22.9 Å². The Balaban J connectivity index is 2.60. The van der Waals surface area contributed by atoms with Crippen molar-refractivity contribution in [3.05, 3.63) is 30.0 Å². The molecule has 92 valence electrons.